The first kappa shape index (κ1) is 10.8. The highest BCUT2D eigenvalue weighted by Crippen LogP contribution is 2.39. The summed E-state index contributed by atoms with van der Waals surface area (Å²) in [5, 5.41) is 4.30. The highest BCUT2D eigenvalue weighted by molar-refractivity contribution is 7.09. The van der Waals surface area contributed by atoms with Gasteiger partial charge >= 0.3 is 0 Å². The SMILES string of the molecule is CN(C)CCCNc1nc(C2CC2)ns1. The van der Waals surface area contributed by atoms with Crippen molar-refractivity contribution in [3.05, 3.63) is 5.82 Å². The van der Waals surface area contributed by atoms with Gasteiger partial charge in [0, 0.05) is 24.0 Å². The smallest absolute Gasteiger partial charge is 0.202 e. The predicted molar refractivity (Wildman–Crippen MR) is 63.5 cm³/mol. The average molecular weight is 226 g/mol. The number of nitrogens with one attached hydrogen (secondary N) is 1. The molecule has 84 valence electrons. The van der Waals surface area contributed by atoms with Gasteiger partial charge in [-0.2, -0.15) is 4.37 Å². The lowest BCUT2D eigenvalue weighted by molar-refractivity contribution is 0.405. The Balaban J connectivity index is 1.69. The van der Waals surface area contributed by atoms with Crippen molar-refractivity contribution in [3.8, 4) is 0 Å². The number of hydrogen-bond donors (Lipinski definition) is 1. The Morgan fingerprint density at radius 2 is 2.27 bits per heavy atom. The molecule has 1 N–H and O–H groups in total. The Morgan fingerprint density at radius 3 is 2.93 bits per heavy atom. The van der Waals surface area contributed by atoms with E-state index in [1.807, 2.05) is 0 Å². The zero-order valence-electron chi connectivity index (χ0n) is 9.36. The fourth-order valence-corrected chi connectivity index (χ4v) is 2.08. The molecule has 1 aliphatic rings. The highest BCUT2D eigenvalue weighted by atomic mass is 32.1. The van der Waals surface area contributed by atoms with Crippen molar-refractivity contribution < 1.29 is 0 Å². The van der Waals surface area contributed by atoms with Crippen LogP contribution in [0.4, 0.5) is 5.13 Å². The normalized spacial score (nSPS) is 15.9. The molecule has 0 saturated heterocycles. The van der Waals surface area contributed by atoms with Crippen LogP contribution in [0.25, 0.3) is 0 Å². The molecule has 1 aromatic rings. The van der Waals surface area contributed by atoms with Crippen LogP contribution >= 0.6 is 11.5 Å². The fraction of sp³-hybridized carbons (Fsp3) is 0.800. The van der Waals surface area contributed by atoms with Gasteiger partial charge in [0.05, 0.1) is 0 Å². The summed E-state index contributed by atoms with van der Waals surface area (Å²) >= 11 is 1.49. The first-order chi connectivity index (χ1) is 7.25. The second-order valence-corrected chi connectivity index (χ2v) is 5.07. The molecule has 15 heavy (non-hydrogen) atoms. The maximum atomic E-state index is 4.47. The largest absolute Gasteiger partial charge is 0.360 e. The minimum absolute atomic E-state index is 0.665. The second-order valence-electron chi connectivity index (χ2n) is 4.32. The van der Waals surface area contributed by atoms with E-state index in [0.717, 1.165) is 30.5 Å². The molecule has 0 atom stereocenters. The van der Waals surface area contributed by atoms with Gasteiger partial charge in [-0.15, -0.1) is 0 Å². The van der Waals surface area contributed by atoms with Gasteiger partial charge in [0.1, 0.15) is 5.82 Å². The number of aromatic nitrogens is 2. The molecule has 5 heteroatoms. The van der Waals surface area contributed by atoms with E-state index in [0.29, 0.717) is 5.92 Å². The van der Waals surface area contributed by atoms with Crippen molar-refractivity contribution in [1.82, 2.24) is 14.3 Å². The first-order valence-electron chi connectivity index (χ1n) is 5.48. The number of hydrogen-bond acceptors (Lipinski definition) is 5. The zero-order chi connectivity index (χ0) is 10.7. The summed E-state index contributed by atoms with van der Waals surface area (Å²) in [6.45, 7) is 2.10. The molecular weight excluding hydrogens is 208 g/mol. The van der Waals surface area contributed by atoms with Crippen LogP contribution in [0.1, 0.15) is 31.0 Å². The molecule has 0 amide bonds. The van der Waals surface area contributed by atoms with Crippen molar-refractivity contribution >= 4 is 16.7 Å². The average Bonchev–Trinajstić information content (AvgIpc) is 2.94. The van der Waals surface area contributed by atoms with E-state index in [9.17, 15) is 0 Å². The second kappa shape index (κ2) is 4.90. The van der Waals surface area contributed by atoms with Gasteiger partial charge in [-0.25, -0.2) is 4.98 Å². The number of rotatable bonds is 6. The fourth-order valence-electron chi connectivity index (χ4n) is 1.40. The molecule has 2 rings (SSSR count). The van der Waals surface area contributed by atoms with Crippen LogP contribution in [-0.4, -0.2) is 41.4 Å². The van der Waals surface area contributed by atoms with Crippen LogP contribution in [0.2, 0.25) is 0 Å². The van der Waals surface area contributed by atoms with Gasteiger partial charge in [0.2, 0.25) is 5.13 Å². The van der Waals surface area contributed by atoms with Gasteiger partial charge in [0.15, 0.2) is 0 Å². The third-order valence-electron chi connectivity index (χ3n) is 2.44. The summed E-state index contributed by atoms with van der Waals surface area (Å²) in [5.74, 6) is 1.72. The minimum atomic E-state index is 0.665. The van der Waals surface area contributed by atoms with Crippen LogP contribution in [0.3, 0.4) is 0 Å². The first-order valence-corrected chi connectivity index (χ1v) is 6.25. The highest BCUT2D eigenvalue weighted by Gasteiger charge is 2.27. The van der Waals surface area contributed by atoms with E-state index >= 15 is 0 Å². The van der Waals surface area contributed by atoms with E-state index < -0.39 is 0 Å². The van der Waals surface area contributed by atoms with Crippen LogP contribution < -0.4 is 5.32 Å². The van der Waals surface area contributed by atoms with Gasteiger partial charge < -0.3 is 10.2 Å². The Labute approximate surface area is 94.9 Å². The van der Waals surface area contributed by atoms with E-state index in [2.05, 4.69) is 33.7 Å². The maximum absolute atomic E-state index is 4.47. The lowest BCUT2D eigenvalue weighted by Gasteiger charge is -2.08. The van der Waals surface area contributed by atoms with Crippen molar-refractivity contribution in [2.45, 2.75) is 25.2 Å². The lowest BCUT2D eigenvalue weighted by atomic mass is 10.4. The van der Waals surface area contributed by atoms with Gasteiger partial charge in [-0.3, -0.25) is 0 Å². The Bertz CT molecular complexity index is 306. The summed E-state index contributed by atoms with van der Waals surface area (Å²) in [5.41, 5.74) is 0. The Kier molecular flexibility index (Phi) is 3.53. The van der Waals surface area contributed by atoms with Crippen LogP contribution in [0.15, 0.2) is 0 Å². The molecule has 0 radical (unpaired) electrons. The van der Waals surface area contributed by atoms with Crippen molar-refractivity contribution in [3.63, 3.8) is 0 Å². The van der Waals surface area contributed by atoms with Crippen LogP contribution in [-0.2, 0) is 0 Å². The molecule has 1 aromatic heterocycles. The standard InChI is InChI=1S/C10H18N4S/c1-14(2)7-3-6-11-10-12-9(13-15-10)8-4-5-8/h8H,3-7H2,1-2H3,(H,11,12,13). The monoisotopic (exact) mass is 226 g/mol. The van der Waals surface area contributed by atoms with Crippen molar-refractivity contribution in [1.29, 1.82) is 0 Å². The molecule has 0 spiro atoms. The third kappa shape index (κ3) is 3.43. The summed E-state index contributed by atoms with van der Waals surface area (Å²) in [6.07, 6.45) is 3.69. The molecular formula is C10H18N4S. The van der Waals surface area contributed by atoms with Crippen molar-refractivity contribution in [2.24, 2.45) is 0 Å². The molecule has 1 saturated carbocycles. The predicted octanol–water partition coefficient (Wildman–Crippen LogP) is 1.78. The maximum Gasteiger partial charge on any atom is 0.202 e. The van der Waals surface area contributed by atoms with Gasteiger partial charge in [-0.1, -0.05) is 0 Å². The summed E-state index contributed by atoms with van der Waals surface area (Å²) < 4.78 is 4.35. The molecule has 1 heterocycles. The van der Waals surface area contributed by atoms with E-state index in [4.69, 9.17) is 0 Å². The molecule has 1 fully saturated rings. The molecule has 0 unspecified atom stereocenters. The Morgan fingerprint density at radius 1 is 1.47 bits per heavy atom. The summed E-state index contributed by atoms with van der Waals surface area (Å²) in [7, 11) is 4.19. The molecule has 4 nitrogen and oxygen atoms in total. The minimum Gasteiger partial charge on any atom is -0.360 e. The Hall–Kier alpha value is -0.680. The third-order valence-corrected chi connectivity index (χ3v) is 3.13. The van der Waals surface area contributed by atoms with E-state index in [-0.39, 0.29) is 0 Å². The molecule has 0 aromatic carbocycles. The van der Waals surface area contributed by atoms with Gasteiger partial charge in [-0.05, 0) is 39.9 Å². The van der Waals surface area contributed by atoms with Crippen LogP contribution in [0.5, 0.6) is 0 Å². The lowest BCUT2D eigenvalue weighted by Crippen LogP contribution is -2.16. The van der Waals surface area contributed by atoms with Gasteiger partial charge in [0.25, 0.3) is 0 Å². The van der Waals surface area contributed by atoms with Crippen LogP contribution in [0, 0.1) is 0 Å². The molecule has 0 aliphatic heterocycles. The molecule has 0 bridgehead atoms. The van der Waals surface area contributed by atoms with E-state index in [1.54, 1.807) is 0 Å². The number of anilines is 1. The van der Waals surface area contributed by atoms with Crippen molar-refractivity contribution in [2.75, 3.05) is 32.5 Å². The zero-order valence-corrected chi connectivity index (χ0v) is 10.2. The molecule has 1 aliphatic carbocycles. The summed E-state index contributed by atoms with van der Waals surface area (Å²) in [4.78, 5) is 6.66. The topological polar surface area (TPSA) is 41.0 Å². The number of nitrogens with zero attached hydrogens (tertiary/aromatic N) is 3. The van der Waals surface area contributed by atoms with E-state index in [1.165, 1.54) is 24.4 Å². The summed E-state index contributed by atoms with van der Waals surface area (Å²) in [6, 6.07) is 0. The quantitative estimate of drug-likeness (QED) is 0.751.